The molecule has 50 heavy (non-hydrogen) atoms. The lowest BCUT2D eigenvalue weighted by atomic mass is 9.55. The van der Waals surface area contributed by atoms with E-state index in [1.54, 1.807) is 0 Å². The van der Waals surface area contributed by atoms with Gasteiger partial charge in [-0.2, -0.15) is 0 Å². The normalized spacial score (nSPS) is 14.6. The molecule has 6 aromatic carbocycles. The van der Waals surface area contributed by atoms with E-state index < -0.39 is 5.41 Å². The standard InChI is InChI=1S/C48H40N2/c1-5-6-8-16-32(2)37-29-34(26-28-45(37)50-36-18-9-7-10-19-36)33-25-27-39-38(30-33)46-35(31-49)17-15-24-44(46)48(39)42-22-13-11-20-40(42)47(3,4)41-21-12-14-23-43(41)48/h5-31,49-50H,2H2,1,3-4H3/b6-5-,16-8-,49-31?. The Morgan fingerprint density at radius 2 is 1.26 bits per heavy atom. The SMILES string of the molecule is C=C(/C=C\C=C/C)c1cc(-c2ccc3c(c2)-c2c(C=N)cccc2C32c3ccccc3C(C)(C)c3ccccc32)ccc1Nc1ccccc1. The van der Waals surface area contributed by atoms with Crippen molar-refractivity contribution in [2.24, 2.45) is 0 Å². The molecule has 0 unspecified atom stereocenters. The number of allylic oxidation sites excluding steroid dienone is 5. The molecule has 242 valence electrons. The van der Waals surface area contributed by atoms with Crippen molar-refractivity contribution >= 4 is 23.2 Å². The molecule has 0 atom stereocenters. The lowest BCUT2D eigenvalue weighted by molar-refractivity contribution is 0.563. The Hall–Kier alpha value is -5.99. The average Bonchev–Trinajstić information content (AvgIpc) is 3.45. The summed E-state index contributed by atoms with van der Waals surface area (Å²) in [5.41, 5.74) is 16.7. The smallest absolute Gasteiger partial charge is 0.0719 e. The van der Waals surface area contributed by atoms with Crippen LogP contribution in [0.3, 0.4) is 0 Å². The van der Waals surface area contributed by atoms with Crippen LogP contribution in [0.15, 0.2) is 164 Å². The first-order valence-electron chi connectivity index (χ1n) is 17.3. The predicted molar refractivity (Wildman–Crippen MR) is 212 cm³/mol. The van der Waals surface area contributed by atoms with Crippen LogP contribution < -0.4 is 5.32 Å². The van der Waals surface area contributed by atoms with Gasteiger partial charge in [0, 0.05) is 34.1 Å². The Kier molecular flexibility index (Phi) is 7.61. The maximum atomic E-state index is 8.53. The number of para-hydroxylation sites is 1. The molecule has 6 aromatic rings. The Bertz CT molecular complexity index is 2320. The molecule has 2 heteroatoms. The third-order valence-electron chi connectivity index (χ3n) is 10.7. The van der Waals surface area contributed by atoms with Crippen LogP contribution in [-0.2, 0) is 10.8 Å². The van der Waals surface area contributed by atoms with Gasteiger partial charge < -0.3 is 10.7 Å². The van der Waals surface area contributed by atoms with Gasteiger partial charge in [0.25, 0.3) is 0 Å². The van der Waals surface area contributed by atoms with E-state index in [0.29, 0.717) is 0 Å². The van der Waals surface area contributed by atoms with Crippen molar-refractivity contribution in [3.8, 4) is 22.3 Å². The van der Waals surface area contributed by atoms with Crippen LogP contribution in [0, 0.1) is 5.41 Å². The molecule has 2 aliphatic rings. The monoisotopic (exact) mass is 644 g/mol. The van der Waals surface area contributed by atoms with Gasteiger partial charge in [-0.3, -0.25) is 0 Å². The summed E-state index contributed by atoms with van der Waals surface area (Å²) in [6.07, 6.45) is 9.66. The second kappa shape index (κ2) is 12.2. The zero-order valence-corrected chi connectivity index (χ0v) is 28.8. The van der Waals surface area contributed by atoms with E-state index in [1.165, 1.54) is 45.2 Å². The molecule has 0 bridgehead atoms. The van der Waals surface area contributed by atoms with Crippen molar-refractivity contribution in [2.45, 2.75) is 31.6 Å². The van der Waals surface area contributed by atoms with Gasteiger partial charge in [-0.15, -0.1) is 0 Å². The average molecular weight is 645 g/mol. The van der Waals surface area contributed by atoms with Crippen molar-refractivity contribution in [3.63, 3.8) is 0 Å². The minimum atomic E-state index is -0.495. The van der Waals surface area contributed by atoms with E-state index in [2.05, 4.69) is 147 Å². The van der Waals surface area contributed by atoms with Crippen LogP contribution >= 0.6 is 0 Å². The van der Waals surface area contributed by atoms with E-state index in [0.717, 1.165) is 44.8 Å². The van der Waals surface area contributed by atoms with E-state index >= 15 is 0 Å². The Labute approximate surface area is 295 Å². The van der Waals surface area contributed by atoms with E-state index in [4.69, 9.17) is 5.41 Å². The molecule has 0 aromatic heterocycles. The second-order valence-electron chi connectivity index (χ2n) is 13.8. The molecule has 0 saturated carbocycles. The zero-order chi connectivity index (χ0) is 34.5. The van der Waals surface area contributed by atoms with Crippen LogP contribution in [0.25, 0.3) is 27.8 Å². The van der Waals surface area contributed by atoms with E-state index in [-0.39, 0.29) is 5.41 Å². The Balaban J connectivity index is 1.36. The number of fused-ring (bicyclic) bond motifs is 9. The van der Waals surface area contributed by atoms with Gasteiger partial charge in [-0.05, 0) is 98.5 Å². The molecule has 0 radical (unpaired) electrons. The van der Waals surface area contributed by atoms with Gasteiger partial charge >= 0.3 is 0 Å². The third kappa shape index (κ3) is 4.67. The molecule has 0 aliphatic heterocycles. The van der Waals surface area contributed by atoms with Gasteiger partial charge in [-0.25, -0.2) is 0 Å². The number of benzene rings is 6. The fourth-order valence-corrected chi connectivity index (χ4v) is 8.44. The fraction of sp³-hybridized carbons (Fsp3) is 0.104. The predicted octanol–water partition coefficient (Wildman–Crippen LogP) is 12.2. The van der Waals surface area contributed by atoms with Gasteiger partial charge in [0.1, 0.15) is 0 Å². The number of rotatable bonds is 7. The highest BCUT2D eigenvalue weighted by Gasteiger charge is 2.53. The summed E-state index contributed by atoms with van der Waals surface area (Å²) >= 11 is 0. The molecule has 2 aliphatic carbocycles. The van der Waals surface area contributed by atoms with Crippen LogP contribution in [0.1, 0.15) is 65.3 Å². The minimum absolute atomic E-state index is 0.157. The molecule has 1 spiro atoms. The van der Waals surface area contributed by atoms with Gasteiger partial charge in [-0.1, -0.05) is 148 Å². The van der Waals surface area contributed by atoms with Crippen LogP contribution in [0.4, 0.5) is 11.4 Å². The summed E-state index contributed by atoms with van der Waals surface area (Å²) in [4.78, 5) is 0. The van der Waals surface area contributed by atoms with Crippen LogP contribution in [-0.4, -0.2) is 6.21 Å². The molecule has 8 rings (SSSR count). The summed E-state index contributed by atoms with van der Waals surface area (Å²) in [6.45, 7) is 11.2. The summed E-state index contributed by atoms with van der Waals surface area (Å²) in [5, 5.41) is 12.2. The fourth-order valence-electron chi connectivity index (χ4n) is 8.44. The zero-order valence-electron chi connectivity index (χ0n) is 28.8. The van der Waals surface area contributed by atoms with Crippen molar-refractivity contribution in [2.75, 3.05) is 5.32 Å². The maximum absolute atomic E-state index is 8.53. The molecule has 2 nitrogen and oxygen atoms in total. The first-order chi connectivity index (χ1) is 24.4. The first-order valence-corrected chi connectivity index (χ1v) is 17.3. The molecule has 0 heterocycles. The molecule has 0 amide bonds. The summed E-state index contributed by atoms with van der Waals surface area (Å²) in [5.74, 6) is 0. The molecule has 2 N–H and O–H groups in total. The quantitative estimate of drug-likeness (QED) is 0.131. The van der Waals surface area contributed by atoms with Crippen molar-refractivity contribution in [1.29, 1.82) is 5.41 Å². The minimum Gasteiger partial charge on any atom is -0.355 e. The highest BCUT2D eigenvalue weighted by Crippen LogP contribution is 2.62. The molecule has 0 fully saturated rings. The number of hydrogen-bond donors (Lipinski definition) is 2. The Morgan fingerprint density at radius 1 is 0.640 bits per heavy atom. The number of hydrogen-bond acceptors (Lipinski definition) is 2. The molecular formula is C48H40N2. The summed E-state index contributed by atoms with van der Waals surface area (Å²) in [7, 11) is 0. The highest BCUT2D eigenvalue weighted by molar-refractivity contribution is 5.99. The van der Waals surface area contributed by atoms with Crippen LogP contribution in [0.2, 0.25) is 0 Å². The lowest BCUT2D eigenvalue weighted by Gasteiger charge is -2.46. The highest BCUT2D eigenvalue weighted by atomic mass is 14.9. The van der Waals surface area contributed by atoms with Crippen molar-refractivity contribution in [3.05, 3.63) is 209 Å². The summed E-state index contributed by atoms with van der Waals surface area (Å²) < 4.78 is 0. The molecule has 0 saturated heterocycles. The first kappa shape index (κ1) is 31.3. The van der Waals surface area contributed by atoms with E-state index in [9.17, 15) is 0 Å². The van der Waals surface area contributed by atoms with Gasteiger partial charge in [0.2, 0.25) is 0 Å². The second-order valence-corrected chi connectivity index (χ2v) is 13.8. The van der Waals surface area contributed by atoms with Crippen LogP contribution in [0.5, 0.6) is 0 Å². The topological polar surface area (TPSA) is 35.9 Å². The van der Waals surface area contributed by atoms with Gasteiger partial charge in [0.05, 0.1) is 5.41 Å². The largest absolute Gasteiger partial charge is 0.355 e. The maximum Gasteiger partial charge on any atom is 0.0719 e. The van der Waals surface area contributed by atoms with Crippen molar-refractivity contribution in [1.82, 2.24) is 0 Å². The van der Waals surface area contributed by atoms with Crippen molar-refractivity contribution < 1.29 is 0 Å². The third-order valence-corrected chi connectivity index (χ3v) is 10.7. The van der Waals surface area contributed by atoms with E-state index in [1.807, 2.05) is 43.4 Å². The number of nitrogens with one attached hydrogen (secondary N) is 2. The van der Waals surface area contributed by atoms with Gasteiger partial charge in [0.15, 0.2) is 0 Å². The summed E-state index contributed by atoms with van der Waals surface area (Å²) in [6, 6.07) is 48.3. The molecular weight excluding hydrogens is 605 g/mol. The number of anilines is 2. The Morgan fingerprint density at radius 3 is 1.94 bits per heavy atom. The lowest BCUT2D eigenvalue weighted by Crippen LogP contribution is -2.40.